The van der Waals surface area contributed by atoms with Gasteiger partial charge in [0.2, 0.25) is 5.91 Å². The van der Waals surface area contributed by atoms with Gasteiger partial charge in [-0.1, -0.05) is 11.8 Å². The van der Waals surface area contributed by atoms with E-state index in [2.05, 4.69) is 0 Å². The predicted molar refractivity (Wildman–Crippen MR) is 101 cm³/mol. The third-order valence-electron chi connectivity index (χ3n) is 5.08. The molecule has 9 nitrogen and oxygen atoms in total. The smallest absolute Gasteiger partial charge is 0.410 e. The number of nitrogens with zero attached hydrogens (tertiary/aromatic N) is 2. The summed E-state index contributed by atoms with van der Waals surface area (Å²) >= 11 is 1.19. The lowest BCUT2D eigenvalue weighted by molar-refractivity contribution is -0.384. The van der Waals surface area contributed by atoms with Crippen molar-refractivity contribution in [3.8, 4) is 0 Å². The van der Waals surface area contributed by atoms with E-state index in [-0.39, 0.29) is 46.4 Å². The van der Waals surface area contributed by atoms with Gasteiger partial charge in [0.1, 0.15) is 6.61 Å². The molecular formula is C18H21N3O6S. The van der Waals surface area contributed by atoms with Gasteiger partial charge in [0, 0.05) is 42.8 Å². The van der Waals surface area contributed by atoms with Gasteiger partial charge in [-0.3, -0.25) is 19.7 Å². The molecule has 0 aromatic heterocycles. The van der Waals surface area contributed by atoms with Gasteiger partial charge in [-0.25, -0.2) is 4.79 Å². The van der Waals surface area contributed by atoms with Crippen molar-refractivity contribution < 1.29 is 24.0 Å². The van der Waals surface area contributed by atoms with Crippen LogP contribution in [0.4, 0.5) is 10.5 Å². The molecule has 3 rings (SSSR count). The Morgan fingerprint density at radius 1 is 1.29 bits per heavy atom. The number of hydrogen-bond acceptors (Lipinski definition) is 7. The zero-order chi connectivity index (χ0) is 20.4. The van der Waals surface area contributed by atoms with Crippen molar-refractivity contribution in [1.29, 1.82) is 0 Å². The van der Waals surface area contributed by atoms with Gasteiger partial charge in [0.15, 0.2) is 5.12 Å². The Labute approximate surface area is 165 Å². The van der Waals surface area contributed by atoms with E-state index in [1.54, 1.807) is 4.90 Å². The summed E-state index contributed by atoms with van der Waals surface area (Å²) in [6.07, 6.45) is 0.736. The van der Waals surface area contributed by atoms with Crippen LogP contribution in [0.2, 0.25) is 0 Å². The largest absolute Gasteiger partial charge is 0.445 e. The second-order valence-corrected chi connectivity index (χ2v) is 8.55. The van der Waals surface area contributed by atoms with Crippen LogP contribution >= 0.6 is 11.8 Å². The van der Waals surface area contributed by atoms with Gasteiger partial charge in [0.25, 0.3) is 5.69 Å². The summed E-state index contributed by atoms with van der Waals surface area (Å²) in [4.78, 5) is 47.3. The first-order valence-corrected chi connectivity index (χ1v) is 9.77. The lowest BCUT2D eigenvalue weighted by Crippen LogP contribution is -2.38. The molecule has 2 N–H and O–H groups in total. The number of non-ortho nitro benzene ring substituents is 1. The highest BCUT2D eigenvalue weighted by Crippen LogP contribution is 2.47. The van der Waals surface area contributed by atoms with Gasteiger partial charge in [-0.15, -0.1) is 0 Å². The van der Waals surface area contributed by atoms with E-state index in [0.717, 1.165) is 0 Å². The zero-order valence-electron chi connectivity index (χ0n) is 15.3. The third kappa shape index (κ3) is 4.61. The molecule has 1 aliphatic carbocycles. The molecule has 10 heteroatoms. The third-order valence-corrected chi connectivity index (χ3v) is 6.09. The van der Waals surface area contributed by atoms with Crippen LogP contribution in [-0.2, 0) is 20.9 Å². The van der Waals surface area contributed by atoms with E-state index in [9.17, 15) is 24.5 Å². The topological polar surface area (TPSA) is 133 Å². The van der Waals surface area contributed by atoms with E-state index in [1.807, 2.05) is 0 Å². The van der Waals surface area contributed by atoms with Crippen LogP contribution in [0.3, 0.4) is 0 Å². The van der Waals surface area contributed by atoms with Crippen molar-refractivity contribution >= 4 is 34.6 Å². The van der Waals surface area contributed by atoms with Crippen molar-refractivity contribution in [1.82, 2.24) is 4.90 Å². The van der Waals surface area contributed by atoms with Crippen LogP contribution in [-0.4, -0.2) is 44.8 Å². The van der Waals surface area contributed by atoms with E-state index >= 15 is 0 Å². The van der Waals surface area contributed by atoms with Crippen molar-refractivity contribution in [2.45, 2.75) is 37.7 Å². The average molecular weight is 407 g/mol. The number of rotatable bonds is 6. The maximum Gasteiger partial charge on any atom is 0.410 e. The number of benzene rings is 1. The normalized spacial score (nSPS) is 26.0. The van der Waals surface area contributed by atoms with Crippen LogP contribution < -0.4 is 5.73 Å². The second-order valence-electron chi connectivity index (χ2n) is 7.07. The monoisotopic (exact) mass is 407 g/mol. The molecule has 1 saturated heterocycles. The van der Waals surface area contributed by atoms with Gasteiger partial charge < -0.3 is 15.4 Å². The number of ether oxygens (including phenoxy) is 1. The first-order chi connectivity index (χ1) is 13.3. The Bertz CT molecular complexity index is 799. The average Bonchev–Trinajstić information content (AvgIpc) is 3.34. The molecule has 2 aliphatic rings. The van der Waals surface area contributed by atoms with Crippen molar-refractivity contribution in [3.63, 3.8) is 0 Å². The lowest BCUT2D eigenvalue weighted by atomic mass is 10.1. The second kappa shape index (κ2) is 8.17. The number of carbonyl (C=O) groups excluding carboxylic acids is 3. The maximum atomic E-state index is 12.6. The minimum absolute atomic E-state index is 0.00184. The lowest BCUT2D eigenvalue weighted by Gasteiger charge is -2.24. The first-order valence-electron chi connectivity index (χ1n) is 8.89. The number of carbonyl (C=O) groups is 3. The Morgan fingerprint density at radius 2 is 1.96 bits per heavy atom. The summed E-state index contributed by atoms with van der Waals surface area (Å²) in [7, 11) is 0. The van der Waals surface area contributed by atoms with Crippen LogP contribution in [0.5, 0.6) is 0 Å². The van der Waals surface area contributed by atoms with E-state index in [4.69, 9.17) is 10.5 Å². The van der Waals surface area contributed by atoms with Crippen LogP contribution in [0.25, 0.3) is 0 Å². The molecule has 2 fully saturated rings. The fraction of sp³-hybridized carbons (Fsp3) is 0.500. The summed E-state index contributed by atoms with van der Waals surface area (Å²) in [6, 6.07) is 5.58. The Balaban J connectivity index is 1.62. The number of thioether (sulfide) groups is 1. The fourth-order valence-corrected chi connectivity index (χ4v) is 4.67. The van der Waals surface area contributed by atoms with E-state index < -0.39 is 11.0 Å². The number of hydrogen-bond donors (Lipinski definition) is 1. The van der Waals surface area contributed by atoms with E-state index in [0.29, 0.717) is 24.9 Å². The number of primary amides is 1. The quantitative estimate of drug-likeness (QED) is 0.564. The molecule has 1 aromatic carbocycles. The van der Waals surface area contributed by atoms with Gasteiger partial charge in [-0.2, -0.15) is 0 Å². The van der Waals surface area contributed by atoms with E-state index in [1.165, 1.54) is 43.0 Å². The number of likely N-dealkylation sites (tertiary alicyclic amines) is 1. The molecule has 0 radical (unpaired) electrons. The van der Waals surface area contributed by atoms with Crippen molar-refractivity contribution in [2.24, 2.45) is 17.6 Å². The Morgan fingerprint density at radius 3 is 2.50 bits per heavy atom. The van der Waals surface area contributed by atoms with Gasteiger partial charge in [0.05, 0.1) is 4.92 Å². The number of nitrogens with two attached hydrogens (primary N) is 1. The number of amides is 2. The number of nitro benzene ring substituents is 1. The standard InChI is InChI=1S/C18H21N3O6S/c1-10(22)28-13-6-16(14-7-15(14)17(19)23)20(8-13)18(24)27-9-11-2-4-12(5-3-11)21(25)26/h2-5,13-16H,6-9H2,1H3,(H2,19,23)/t13-,14?,15?,16-/m0/s1. The molecule has 1 aliphatic heterocycles. The summed E-state index contributed by atoms with van der Waals surface area (Å²) in [6.45, 7) is 1.84. The maximum absolute atomic E-state index is 12.6. The van der Waals surface area contributed by atoms with Gasteiger partial charge in [-0.05, 0) is 36.5 Å². The minimum atomic E-state index is -0.523. The van der Waals surface area contributed by atoms with Crippen LogP contribution in [0.15, 0.2) is 24.3 Å². The molecule has 2 unspecified atom stereocenters. The zero-order valence-corrected chi connectivity index (χ0v) is 16.1. The summed E-state index contributed by atoms with van der Waals surface area (Å²) in [5, 5.41) is 10.6. The van der Waals surface area contributed by atoms with Crippen LogP contribution in [0.1, 0.15) is 25.3 Å². The molecule has 1 aromatic rings. The fourth-order valence-electron chi connectivity index (χ4n) is 3.67. The molecule has 4 atom stereocenters. The van der Waals surface area contributed by atoms with Crippen molar-refractivity contribution in [2.75, 3.05) is 6.54 Å². The molecule has 1 heterocycles. The molecule has 150 valence electrons. The van der Waals surface area contributed by atoms with Crippen molar-refractivity contribution in [3.05, 3.63) is 39.9 Å². The molecule has 0 bridgehead atoms. The summed E-state index contributed by atoms with van der Waals surface area (Å²) < 4.78 is 5.38. The Hall–Kier alpha value is -2.62. The SMILES string of the molecule is CC(=O)S[C@H]1C[C@@H](C2CC2C(N)=O)N(C(=O)OCc2ccc([N+](=O)[O-])cc2)C1. The molecular weight excluding hydrogens is 386 g/mol. The molecule has 1 saturated carbocycles. The van der Waals surface area contributed by atoms with Gasteiger partial charge >= 0.3 is 6.09 Å². The summed E-state index contributed by atoms with van der Waals surface area (Å²) in [5.41, 5.74) is 5.97. The highest BCUT2D eigenvalue weighted by atomic mass is 32.2. The minimum Gasteiger partial charge on any atom is -0.445 e. The highest BCUT2D eigenvalue weighted by molar-refractivity contribution is 8.14. The first kappa shape index (κ1) is 20.1. The molecule has 28 heavy (non-hydrogen) atoms. The predicted octanol–water partition coefficient (Wildman–Crippen LogP) is 2.08. The summed E-state index contributed by atoms with van der Waals surface area (Å²) in [5.74, 6) is -0.607. The highest BCUT2D eigenvalue weighted by Gasteiger charge is 2.53. The molecule has 0 spiro atoms. The van der Waals surface area contributed by atoms with Crippen LogP contribution in [0, 0.1) is 22.0 Å². The Kier molecular flexibility index (Phi) is 5.87. The number of nitro groups is 1. The molecule has 2 amide bonds.